The van der Waals surface area contributed by atoms with Gasteiger partial charge in [-0.1, -0.05) is 32.6 Å². The van der Waals surface area contributed by atoms with Crippen molar-refractivity contribution in [1.82, 2.24) is 0 Å². The summed E-state index contributed by atoms with van der Waals surface area (Å²) in [4.78, 5) is 0. The van der Waals surface area contributed by atoms with Crippen molar-refractivity contribution in [2.45, 2.75) is 62.0 Å². The van der Waals surface area contributed by atoms with Crippen molar-refractivity contribution < 1.29 is 0 Å². The van der Waals surface area contributed by atoms with Gasteiger partial charge in [-0.05, 0) is 18.8 Å². The average Bonchev–Trinajstić information content (AvgIpc) is 2.57. The van der Waals surface area contributed by atoms with Crippen molar-refractivity contribution in [2.24, 2.45) is 11.7 Å². The van der Waals surface area contributed by atoms with E-state index in [4.69, 9.17) is 5.73 Å². The molecule has 0 spiro atoms. The molecular weight excluding hydrogens is 234 g/mol. The van der Waals surface area contributed by atoms with Crippen molar-refractivity contribution in [3.8, 4) is 0 Å². The van der Waals surface area contributed by atoms with Gasteiger partial charge in [0.2, 0.25) is 0 Å². The van der Waals surface area contributed by atoms with E-state index in [0.29, 0.717) is 11.3 Å². The van der Waals surface area contributed by atoms with Crippen LogP contribution in [0.3, 0.4) is 0 Å². The molecule has 2 N–H and O–H groups in total. The fourth-order valence-electron chi connectivity index (χ4n) is 3.04. The minimum atomic E-state index is 0.450. The molecule has 3 unspecified atom stereocenters. The Balaban J connectivity index is 1.90. The number of hydrogen-bond donors (Lipinski definition) is 1. The lowest BCUT2D eigenvalue weighted by Crippen LogP contribution is -2.45. The third kappa shape index (κ3) is 3.33. The Morgan fingerprint density at radius 1 is 1.00 bits per heavy atom. The third-order valence-corrected chi connectivity index (χ3v) is 7.30. The molecule has 1 aliphatic heterocycles. The molecule has 1 saturated heterocycles. The first-order valence-corrected chi connectivity index (χ1v) is 8.87. The summed E-state index contributed by atoms with van der Waals surface area (Å²) in [5.74, 6) is 3.43. The Kier molecular flexibility index (Phi) is 5.37. The van der Waals surface area contributed by atoms with Gasteiger partial charge in [-0.15, -0.1) is 0 Å². The van der Waals surface area contributed by atoms with E-state index in [1.54, 1.807) is 0 Å². The molecule has 0 amide bonds. The molecule has 0 aromatic carbocycles. The van der Waals surface area contributed by atoms with Crippen LogP contribution in [0.4, 0.5) is 0 Å². The maximum absolute atomic E-state index is 6.55. The molecule has 1 aliphatic carbocycles. The summed E-state index contributed by atoms with van der Waals surface area (Å²) >= 11 is 4.26. The van der Waals surface area contributed by atoms with Gasteiger partial charge in [-0.25, -0.2) is 0 Å². The van der Waals surface area contributed by atoms with Crippen LogP contribution in [0.5, 0.6) is 0 Å². The third-order valence-electron chi connectivity index (χ3n) is 4.06. The monoisotopic (exact) mass is 259 g/mol. The Morgan fingerprint density at radius 3 is 2.25 bits per heavy atom. The quantitative estimate of drug-likeness (QED) is 0.768. The summed E-state index contributed by atoms with van der Waals surface area (Å²) in [5.41, 5.74) is 6.55. The van der Waals surface area contributed by atoms with Crippen LogP contribution in [0.15, 0.2) is 0 Å². The summed E-state index contributed by atoms with van der Waals surface area (Å²) in [6.45, 7) is 2.37. The van der Waals surface area contributed by atoms with E-state index in [2.05, 4.69) is 30.4 Å². The van der Waals surface area contributed by atoms with Gasteiger partial charge < -0.3 is 5.73 Å². The minimum absolute atomic E-state index is 0.450. The zero-order valence-electron chi connectivity index (χ0n) is 10.4. The van der Waals surface area contributed by atoms with Crippen LogP contribution in [-0.4, -0.2) is 28.0 Å². The van der Waals surface area contributed by atoms with Crippen LogP contribution in [0, 0.1) is 5.92 Å². The van der Waals surface area contributed by atoms with Crippen LogP contribution >= 0.6 is 23.5 Å². The van der Waals surface area contributed by atoms with E-state index < -0.39 is 0 Å². The Labute approximate surface area is 109 Å². The maximum atomic E-state index is 6.55. The van der Waals surface area contributed by atoms with Crippen LogP contribution in [0.1, 0.15) is 45.4 Å². The second kappa shape index (κ2) is 6.55. The van der Waals surface area contributed by atoms with E-state index in [1.807, 2.05) is 0 Å². The van der Waals surface area contributed by atoms with E-state index >= 15 is 0 Å². The lowest BCUT2D eigenvalue weighted by atomic mass is 9.89. The fraction of sp³-hybridized carbons (Fsp3) is 1.00. The molecule has 3 heteroatoms. The summed E-state index contributed by atoms with van der Waals surface area (Å²) < 4.78 is 0. The van der Waals surface area contributed by atoms with Gasteiger partial charge >= 0.3 is 0 Å². The molecule has 1 saturated carbocycles. The summed E-state index contributed by atoms with van der Waals surface area (Å²) in [7, 11) is 0. The van der Waals surface area contributed by atoms with Gasteiger partial charge in [0, 0.05) is 28.0 Å². The molecule has 94 valence electrons. The SMILES string of the molecule is CC1SCCSC1C(N)C1CCCCCC1. The van der Waals surface area contributed by atoms with Crippen molar-refractivity contribution in [2.75, 3.05) is 11.5 Å². The topological polar surface area (TPSA) is 26.0 Å². The average molecular weight is 259 g/mol. The highest BCUT2D eigenvalue weighted by Gasteiger charge is 2.32. The zero-order valence-corrected chi connectivity index (χ0v) is 12.0. The Morgan fingerprint density at radius 2 is 1.62 bits per heavy atom. The lowest BCUT2D eigenvalue weighted by molar-refractivity contribution is 0.365. The predicted molar refractivity (Wildman–Crippen MR) is 77.3 cm³/mol. The molecule has 0 aromatic heterocycles. The molecule has 2 aliphatic rings. The van der Waals surface area contributed by atoms with Gasteiger partial charge in [0.25, 0.3) is 0 Å². The van der Waals surface area contributed by atoms with Crippen LogP contribution in [-0.2, 0) is 0 Å². The number of thioether (sulfide) groups is 2. The lowest BCUT2D eigenvalue weighted by Gasteiger charge is -2.36. The smallest absolute Gasteiger partial charge is 0.0318 e. The van der Waals surface area contributed by atoms with Crippen molar-refractivity contribution in [3.05, 3.63) is 0 Å². The molecular formula is C13H25NS2. The second-order valence-corrected chi connectivity index (χ2v) is 8.01. The van der Waals surface area contributed by atoms with Crippen LogP contribution in [0.2, 0.25) is 0 Å². The van der Waals surface area contributed by atoms with Gasteiger partial charge in [-0.3, -0.25) is 0 Å². The highest BCUT2D eigenvalue weighted by Crippen LogP contribution is 2.37. The number of nitrogens with two attached hydrogens (primary N) is 1. The maximum Gasteiger partial charge on any atom is 0.0318 e. The molecule has 1 heterocycles. The molecule has 3 atom stereocenters. The van der Waals surface area contributed by atoms with Crippen LogP contribution < -0.4 is 5.73 Å². The molecule has 2 fully saturated rings. The standard InChI is InChI=1S/C13H25NS2/c1-10-13(16-9-8-15-10)12(14)11-6-4-2-3-5-7-11/h10-13H,2-9,14H2,1H3. The highest BCUT2D eigenvalue weighted by atomic mass is 32.2. The summed E-state index contributed by atoms with van der Waals surface area (Å²) in [6, 6.07) is 0.450. The minimum Gasteiger partial charge on any atom is -0.326 e. The second-order valence-electron chi connectivity index (χ2n) is 5.24. The van der Waals surface area contributed by atoms with E-state index in [9.17, 15) is 0 Å². The first-order valence-electron chi connectivity index (χ1n) is 6.78. The summed E-state index contributed by atoms with van der Waals surface area (Å²) in [5, 5.41) is 1.47. The Hall–Kier alpha value is 0.660. The predicted octanol–water partition coefficient (Wildman–Crippen LogP) is 3.52. The molecule has 0 aromatic rings. The van der Waals surface area contributed by atoms with Gasteiger partial charge in [0.1, 0.15) is 0 Å². The highest BCUT2D eigenvalue weighted by molar-refractivity contribution is 8.07. The fourth-order valence-corrected chi connectivity index (χ4v) is 6.01. The number of rotatable bonds is 2. The van der Waals surface area contributed by atoms with Gasteiger partial charge in [-0.2, -0.15) is 23.5 Å². The molecule has 16 heavy (non-hydrogen) atoms. The van der Waals surface area contributed by atoms with Crippen molar-refractivity contribution in [1.29, 1.82) is 0 Å². The van der Waals surface area contributed by atoms with E-state index in [0.717, 1.165) is 11.2 Å². The van der Waals surface area contributed by atoms with Crippen molar-refractivity contribution >= 4 is 23.5 Å². The molecule has 2 rings (SSSR count). The van der Waals surface area contributed by atoms with E-state index in [1.165, 1.54) is 50.0 Å². The molecule has 1 nitrogen and oxygen atoms in total. The summed E-state index contributed by atoms with van der Waals surface area (Å²) in [6.07, 6.45) is 8.47. The van der Waals surface area contributed by atoms with Crippen LogP contribution in [0.25, 0.3) is 0 Å². The van der Waals surface area contributed by atoms with E-state index in [-0.39, 0.29) is 0 Å². The first kappa shape index (κ1) is 13.1. The van der Waals surface area contributed by atoms with Gasteiger partial charge in [0.15, 0.2) is 0 Å². The normalized spacial score (nSPS) is 35.6. The van der Waals surface area contributed by atoms with Gasteiger partial charge in [0.05, 0.1) is 0 Å². The van der Waals surface area contributed by atoms with Crippen molar-refractivity contribution in [3.63, 3.8) is 0 Å². The molecule has 0 bridgehead atoms. The number of hydrogen-bond acceptors (Lipinski definition) is 3. The first-order chi connectivity index (χ1) is 7.79. The zero-order chi connectivity index (χ0) is 11.4. The Bertz CT molecular complexity index is 202. The largest absolute Gasteiger partial charge is 0.326 e. The molecule has 0 radical (unpaired) electrons.